The third-order valence-corrected chi connectivity index (χ3v) is 3.31. The minimum absolute atomic E-state index is 0.134. The summed E-state index contributed by atoms with van der Waals surface area (Å²) in [6, 6.07) is 5.80. The van der Waals surface area contributed by atoms with E-state index in [1.807, 2.05) is 18.2 Å². The van der Waals surface area contributed by atoms with Gasteiger partial charge in [-0.25, -0.2) is 4.79 Å². The molecule has 0 amide bonds. The minimum atomic E-state index is -0.194. The lowest BCUT2D eigenvalue weighted by atomic mass is 9.80. The highest BCUT2D eigenvalue weighted by Crippen LogP contribution is 2.31. The third-order valence-electron chi connectivity index (χ3n) is 3.31. The van der Waals surface area contributed by atoms with Gasteiger partial charge in [-0.05, 0) is 24.1 Å². The topological polar surface area (TPSA) is 78.1 Å². The van der Waals surface area contributed by atoms with Crippen LogP contribution in [-0.4, -0.2) is 34.9 Å². The van der Waals surface area contributed by atoms with Crippen LogP contribution in [0.1, 0.15) is 5.56 Å². The van der Waals surface area contributed by atoms with E-state index >= 15 is 0 Å². The number of imidazole rings is 1. The summed E-state index contributed by atoms with van der Waals surface area (Å²) in [4.78, 5) is 16.6. The van der Waals surface area contributed by atoms with Crippen LogP contribution in [0.3, 0.4) is 0 Å². The number of fused-ring (bicyclic) bond motifs is 1. The zero-order valence-corrected chi connectivity index (χ0v) is 9.32. The second-order valence-electron chi connectivity index (χ2n) is 4.79. The van der Waals surface area contributed by atoms with Crippen LogP contribution in [0.25, 0.3) is 11.0 Å². The highest BCUT2D eigenvalue weighted by atomic mass is 16.5. The van der Waals surface area contributed by atoms with Crippen molar-refractivity contribution < 1.29 is 9.84 Å². The number of aromatic amines is 2. The summed E-state index contributed by atoms with van der Waals surface area (Å²) in [7, 11) is 0. The van der Waals surface area contributed by atoms with Crippen molar-refractivity contribution in [2.75, 3.05) is 19.8 Å². The van der Waals surface area contributed by atoms with E-state index in [2.05, 4.69) is 9.97 Å². The molecule has 5 heteroatoms. The maximum atomic E-state index is 11.1. The number of H-pyrrole nitrogens is 2. The van der Waals surface area contributed by atoms with Crippen LogP contribution < -0.4 is 5.69 Å². The first-order chi connectivity index (χ1) is 8.21. The van der Waals surface area contributed by atoms with E-state index in [0.717, 1.165) is 23.0 Å². The molecule has 0 saturated carbocycles. The summed E-state index contributed by atoms with van der Waals surface area (Å²) in [5.74, 6) is 0. The van der Waals surface area contributed by atoms with E-state index in [9.17, 15) is 9.90 Å². The Balaban J connectivity index is 1.92. The molecule has 1 aliphatic heterocycles. The molecule has 3 N–H and O–H groups in total. The molecule has 1 saturated heterocycles. The van der Waals surface area contributed by atoms with Gasteiger partial charge in [0, 0.05) is 5.41 Å². The molecular weight excluding hydrogens is 220 g/mol. The second kappa shape index (κ2) is 3.72. The second-order valence-corrected chi connectivity index (χ2v) is 4.79. The molecule has 1 aromatic heterocycles. The standard InChI is InChI=1S/C12H14N2O3/c15-5-12(6-17-7-12)4-8-1-2-9-10(3-8)14-11(16)13-9/h1-3,15H,4-7H2,(H2,13,14,16). The summed E-state index contributed by atoms with van der Waals surface area (Å²) < 4.78 is 5.17. The zero-order chi connectivity index (χ0) is 11.9. The highest BCUT2D eigenvalue weighted by Gasteiger charge is 2.38. The number of ether oxygens (including phenoxy) is 1. The molecule has 0 bridgehead atoms. The fraction of sp³-hybridized carbons (Fsp3) is 0.417. The molecule has 17 heavy (non-hydrogen) atoms. The molecule has 5 nitrogen and oxygen atoms in total. The number of hydrogen-bond donors (Lipinski definition) is 3. The van der Waals surface area contributed by atoms with Gasteiger partial charge in [0.05, 0.1) is 30.9 Å². The summed E-state index contributed by atoms with van der Waals surface area (Å²) in [6.45, 7) is 1.34. The van der Waals surface area contributed by atoms with Crippen LogP contribution in [0.4, 0.5) is 0 Å². The molecule has 1 aliphatic rings. The molecule has 0 spiro atoms. The number of aliphatic hydroxyl groups excluding tert-OH is 1. The Bertz CT molecular complexity index is 590. The van der Waals surface area contributed by atoms with E-state index in [-0.39, 0.29) is 17.7 Å². The number of benzene rings is 1. The van der Waals surface area contributed by atoms with Crippen LogP contribution in [0.5, 0.6) is 0 Å². The van der Waals surface area contributed by atoms with E-state index in [0.29, 0.717) is 13.2 Å². The quantitative estimate of drug-likeness (QED) is 0.719. The molecule has 0 radical (unpaired) electrons. The lowest BCUT2D eigenvalue weighted by molar-refractivity contribution is -0.135. The van der Waals surface area contributed by atoms with Gasteiger partial charge >= 0.3 is 5.69 Å². The van der Waals surface area contributed by atoms with Crippen molar-refractivity contribution in [3.8, 4) is 0 Å². The van der Waals surface area contributed by atoms with E-state index in [4.69, 9.17) is 4.74 Å². The maximum absolute atomic E-state index is 11.1. The molecule has 2 heterocycles. The van der Waals surface area contributed by atoms with Gasteiger partial charge in [-0.3, -0.25) is 0 Å². The van der Waals surface area contributed by atoms with E-state index in [1.54, 1.807) is 0 Å². The summed E-state index contributed by atoms with van der Waals surface area (Å²) in [5, 5.41) is 9.37. The van der Waals surface area contributed by atoms with Crippen molar-refractivity contribution >= 4 is 11.0 Å². The van der Waals surface area contributed by atoms with Gasteiger partial charge in [0.2, 0.25) is 0 Å². The number of nitrogens with one attached hydrogen (secondary N) is 2. The highest BCUT2D eigenvalue weighted by molar-refractivity contribution is 5.75. The van der Waals surface area contributed by atoms with Gasteiger partial charge in [-0.2, -0.15) is 0 Å². The van der Waals surface area contributed by atoms with Crippen LogP contribution >= 0.6 is 0 Å². The summed E-state index contributed by atoms with van der Waals surface area (Å²) in [5.41, 5.74) is 2.39. The Hall–Kier alpha value is -1.59. The number of hydrogen-bond acceptors (Lipinski definition) is 3. The predicted octanol–water partition coefficient (Wildman–Crippen LogP) is 0.408. The van der Waals surface area contributed by atoms with Crippen molar-refractivity contribution in [2.45, 2.75) is 6.42 Å². The monoisotopic (exact) mass is 234 g/mol. The van der Waals surface area contributed by atoms with Gasteiger partial charge in [0.25, 0.3) is 0 Å². The van der Waals surface area contributed by atoms with Crippen molar-refractivity contribution in [1.29, 1.82) is 0 Å². The van der Waals surface area contributed by atoms with Gasteiger partial charge in [0.1, 0.15) is 0 Å². The van der Waals surface area contributed by atoms with Crippen LogP contribution in [0.15, 0.2) is 23.0 Å². The lowest BCUT2D eigenvalue weighted by Crippen LogP contribution is -2.47. The van der Waals surface area contributed by atoms with Gasteiger partial charge in [-0.15, -0.1) is 0 Å². The van der Waals surface area contributed by atoms with Gasteiger partial charge in [0.15, 0.2) is 0 Å². The first-order valence-electron chi connectivity index (χ1n) is 5.60. The first kappa shape index (κ1) is 10.6. The van der Waals surface area contributed by atoms with E-state index in [1.165, 1.54) is 0 Å². The van der Waals surface area contributed by atoms with Crippen molar-refractivity contribution in [3.63, 3.8) is 0 Å². The fourth-order valence-electron chi connectivity index (χ4n) is 2.26. The molecule has 0 unspecified atom stereocenters. The van der Waals surface area contributed by atoms with Crippen molar-refractivity contribution in [2.24, 2.45) is 5.41 Å². The summed E-state index contributed by atoms with van der Waals surface area (Å²) in [6.07, 6.45) is 0.770. The molecule has 1 fully saturated rings. The third kappa shape index (κ3) is 1.77. The van der Waals surface area contributed by atoms with Gasteiger partial charge in [-0.1, -0.05) is 6.07 Å². The van der Waals surface area contributed by atoms with Crippen LogP contribution in [0, 0.1) is 5.41 Å². The number of aromatic nitrogens is 2. The SMILES string of the molecule is O=c1[nH]c2ccc(CC3(CO)COC3)cc2[nH]1. The Morgan fingerprint density at radius 3 is 2.71 bits per heavy atom. The fourth-order valence-corrected chi connectivity index (χ4v) is 2.26. The molecule has 0 aliphatic carbocycles. The molecular formula is C12H14N2O3. The average Bonchev–Trinajstić information content (AvgIpc) is 2.63. The Kier molecular flexibility index (Phi) is 2.31. The molecule has 0 atom stereocenters. The molecule has 2 aromatic rings. The Morgan fingerprint density at radius 2 is 2.06 bits per heavy atom. The molecule has 90 valence electrons. The largest absolute Gasteiger partial charge is 0.396 e. The molecule has 3 rings (SSSR count). The average molecular weight is 234 g/mol. The maximum Gasteiger partial charge on any atom is 0.323 e. The Morgan fingerprint density at radius 1 is 1.29 bits per heavy atom. The summed E-state index contributed by atoms with van der Waals surface area (Å²) >= 11 is 0. The Labute approximate surface area is 97.4 Å². The number of rotatable bonds is 3. The lowest BCUT2D eigenvalue weighted by Gasteiger charge is -2.40. The minimum Gasteiger partial charge on any atom is -0.396 e. The predicted molar refractivity (Wildman–Crippen MR) is 63.0 cm³/mol. The van der Waals surface area contributed by atoms with Crippen molar-refractivity contribution in [1.82, 2.24) is 9.97 Å². The number of aliphatic hydroxyl groups is 1. The van der Waals surface area contributed by atoms with E-state index < -0.39 is 0 Å². The molecule has 1 aromatic carbocycles. The van der Waals surface area contributed by atoms with Crippen LogP contribution in [0.2, 0.25) is 0 Å². The van der Waals surface area contributed by atoms with Crippen LogP contribution in [-0.2, 0) is 11.2 Å². The smallest absolute Gasteiger partial charge is 0.323 e. The van der Waals surface area contributed by atoms with Crippen molar-refractivity contribution in [3.05, 3.63) is 34.2 Å². The van der Waals surface area contributed by atoms with Gasteiger partial charge < -0.3 is 19.8 Å². The zero-order valence-electron chi connectivity index (χ0n) is 9.32. The first-order valence-corrected chi connectivity index (χ1v) is 5.60. The normalized spacial score (nSPS) is 18.2.